The van der Waals surface area contributed by atoms with E-state index in [4.69, 9.17) is 13.9 Å². The van der Waals surface area contributed by atoms with Crippen LogP contribution < -0.4 is 14.8 Å². The molecular weight excluding hydrogens is 400 g/mol. The SMILES string of the molecule is COc1ccc(C(=O)Nc2ccc(C(=O)N3CCC(Oc4cnccn4)CC3)o2)cc1. The smallest absolute Gasteiger partial charge is 0.289 e. The van der Waals surface area contributed by atoms with Crippen molar-refractivity contribution in [1.29, 1.82) is 0 Å². The van der Waals surface area contributed by atoms with E-state index in [1.54, 1.807) is 67.0 Å². The fourth-order valence-corrected chi connectivity index (χ4v) is 3.30. The molecule has 1 aliphatic heterocycles. The lowest BCUT2D eigenvalue weighted by Gasteiger charge is -2.31. The number of methoxy groups -OCH3 is 1. The van der Waals surface area contributed by atoms with Crippen molar-refractivity contribution in [3.63, 3.8) is 0 Å². The number of likely N-dealkylation sites (tertiary alicyclic amines) is 1. The molecule has 31 heavy (non-hydrogen) atoms. The summed E-state index contributed by atoms with van der Waals surface area (Å²) in [5, 5.41) is 2.66. The zero-order valence-electron chi connectivity index (χ0n) is 17.0. The van der Waals surface area contributed by atoms with E-state index in [1.807, 2.05) is 0 Å². The maximum absolute atomic E-state index is 12.7. The first-order valence-electron chi connectivity index (χ1n) is 9.89. The van der Waals surface area contributed by atoms with Gasteiger partial charge in [-0.1, -0.05) is 0 Å². The highest BCUT2D eigenvalue weighted by Gasteiger charge is 2.27. The number of piperidine rings is 1. The normalized spacial score (nSPS) is 14.2. The summed E-state index contributed by atoms with van der Waals surface area (Å²) in [6.45, 7) is 1.08. The van der Waals surface area contributed by atoms with E-state index in [1.165, 1.54) is 0 Å². The average Bonchev–Trinajstić information content (AvgIpc) is 3.28. The van der Waals surface area contributed by atoms with Crippen LogP contribution in [-0.4, -0.2) is 53.0 Å². The average molecular weight is 422 g/mol. The molecule has 0 atom stereocenters. The first-order valence-corrected chi connectivity index (χ1v) is 9.89. The Bertz CT molecular complexity index is 1030. The summed E-state index contributed by atoms with van der Waals surface area (Å²) < 4.78 is 16.4. The van der Waals surface area contributed by atoms with E-state index < -0.39 is 0 Å². The molecule has 3 heterocycles. The Labute approximate surface area is 179 Å². The number of carbonyl (C=O) groups is 2. The van der Waals surface area contributed by atoms with Gasteiger partial charge in [0.05, 0.1) is 13.3 Å². The van der Waals surface area contributed by atoms with Crippen LogP contribution in [0.1, 0.15) is 33.8 Å². The summed E-state index contributed by atoms with van der Waals surface area (Å²) in [6, 6.07) is 9.83. The quantitative estimate of drug-likeness (QED) is 0.651. The fraction of sp³-hybridized carbons (Fsp3) is 0.273. The highest BCUT2D eigenvalue weighted by Crippen LogP contribution is 2.21. The molecule has 0 bridgehead atoms. The summed E-state index contributed by atoms with van der Waals surface area (Å²) in [6.07, 6.45) is 6.09. The van der Waals surface area contributed by atoms with Crippen LogP contribution in [0.2, 0.25) is 0 Å². The number of furan rings is 1. The highest BCUT2D eigenvalue weighted by molar-refractivity contribution is 6.04. The first kappa shape index (κ1) is 20.4. The summed E-state index contributed by atoms with van der Waals surface area (Å²) in [4.78, 5) is 34.9. The number of nitrogens with one attached hydrogen (secondary N) is 1. The Morgan fingerprint density at radius 3 is 2.55 bits per heavy atom. The van der Waals surface area contributed by atoms with Crippen LogP contribution in [0.4, 0.5) is 5.88 Å². The van der Waals surface area contributed by atoms with Gasteiger partial charge in [-0.05, 0) is 30.3 Å². The molecular formula is C22H22N4O5. The van der Waals surface area contributed by atoms with Gasteiger partial charge >= 0.3 is 0 Å². The zero-order chi connectivity index (χ0) is 21.6. The van der Waals surface area contributed by atoms with Crippen molar-refractivity contribution in [2.75, 3.05) is 25.5 Å². The minimum atomic E-state index is -0.335. The number of benzene rings is 1. The van der Waals surface area contributed by atoms with Gasteiger partial charge < -0.3 is 18.8 Å². The fourth-order valence-electron chi connectivity index (χ4n) is 3.30. The van der Waals surface area contributed by atoms with E-state index in [0.717, 1.165) is 0 Å². The van der Waals surface area contributed by atoms with Gasteiger partial charge in [0.2, 0.25) is 11.8 Å². The largest absolute Gasteiger partial charge is 0.497 e. The van der Waals surface area contributed by atoms with Crippen LogP contribution in [0.25, 0.3) is 0 Å². The molecule has 0 spiro atoms. The molecule has 1 saturated heterocycles. The van der Waals surface area contributed by atoms with Gasteiger partial charge in [-0.2, -0.15) is 0 Å². The molecule has 9 nitrogen and oxygen atoms in total. The lowest BCUT2D eigenvalue weighted by molar-refractivity contribution is 0.0559. The van der Waals surface area contributed by atoms with Crippen molar-refractivity contribution < 1.29 is 23.5 Å². The summed E-state index contributed by atoms with van der Waals surface area (Å²) in [5.74, 6) is 0.980. The zero-order valence-corrected chi connectivity index (χ0v) is 17.0. The summed E-state index contributed by atoms with van der Waals surface area (Å²) >= 11 is 0. The first-order chi connectivity index (χ1) is 15.1. The summed E-state index contributed by atoms with van der Waals surface area (Å²) in [5.41, 5.74) is 0.454. The van der Waals surface area contributed by atoms with Crippen molar-refractivity contribution >= 4 is 17.7 Å². The second kappa shape index (κ2) is 9.29. The predicted octanol–water partition coefficient (Wildman–Crippen LogP) is 3.01. The molecule has 1 aliphatic rings. The van der Waals surface area contributed by atoms with Gasteiger partial charge in [0.15, 0.2) is 5.76 Å². The molecule has 4 rings (SSSR count). The third-order valence-corrected chi connectivity index (χ3v) is 4.96. The number of ether oxygens (including phenoxy) is 2. The number of amides is 2. The van der Waals surface area contributed by atoms with E-state index in [-0.39, 0.29) is 29.6 Å². The minimum absolute atomic E-state index is 0.0169. The number of rotatable bonds is 6. The van der Waals surface area contributed by atoms with Gasteiger partial charge in [0.1, 0.15) is 11.9 Å². The Hall–Kier alpha value is -3.88. The van der Waals surface area contributed by atoms with E-state index in [9.17, 15) is 9.59 Å². The molecule has 0 aliphatic carbocycles. The number of anilines is 1. The second-order valence-electron chi connectivity index (χ2n) is 7.00. The van der Waals surface area contributed by atoms with Gasteiger partial charge in [0.25, 0.3) is 11.8 Å². The van der Waals surface area contributed by atoms with E-state index in [2.05, 4.69) is 15.3 Å². The number of nitrogens with zero attached hydrogens (tertiary/aromatic N) is 3. The topological polar surface area (TPSA) is 107 Å². The van der Waals surface area contributed by atoms with Crippen LogP contribution in [0, 0.1) is 0 Å². The number of hydrogen-bond acceptors (Lipinski definition) is 7. The number of aromatic nitrogens is 2. The Morgan fingerprint density at radius 2 is 1.87 bits per heavy atom. The molecule has 1 N–H and O–H groups in total. The molecule has 1 aromatic carbocycles. The van der Waals surface area contributed by atoms with Crippen molar-refractivity contribution in [3.05, 3.63) is 66.3 Å². The predicted molar refractivity (Wildman–Crippen MR) is 111 cm³/mol. The third-order valence-electron chi connectivity index (χ3n) is 4.96. The van der Waals surface area contributed by atoms with Gasteiger partial charge in [-0.25, -0.2) is 4.98 Å². The molecule has 0 unspecified atom stereocenters. The van der Waals surface area contributed by atoms with Crippen molar-refractivity contribution in [1.82, 2.24) is 14.9 Å². The second-order valence-corrected chi connectivity index (χ2v) is 7.00. The van der Waals surface area contributed by atoms with Crippen LogP contribution in [0.3, 0.4) is 0 Å². The molecule has 0 saturated carbocycles. The minimum Gasteiger partial charge on any atom is -0.497 e. The van der Waals surface area contributed by atoms with Crippen molar-refractivity contribution in [2.24, 2.45) is 0 Å². The van der Waals surface area contributed by atoms with Gasteiger partial charge in [-0.3, -0.25) is 19.9 Å². The van der Waals surface area contributed by atoms with Crippen LogP contribution in [-0.2, 0) is 0 Å². The Morgan fingerprint density at radius 1 is 1.10 bits per heavy atom. The van der Waals surface area contributed by atoms with E-state index >= 15 is 0 Å². The lowest BCUT2D eigenvalue weighted by Crippen LogP contribution is -2.41. The molecule has 2 amide bonds. The van der Waals surface area contributed by atoms with Crippen LogP contribution in [0.15, 0.2) is 59.4 Å². The maximum Gasteiger partial charge on any atom is 0.289 e. The molecule has 0 radical (unpaired) electrons. The van der Waals surface area contributed by atoms with Crippen LogP contribution in [0.5, 0.6) is 11.6 Å². The molecule has 160 valence electrons. The highest BCUT2D eigenvalue weighted by atomic mass is 16.5. The Kier molecular flexibility index (Phi) is 6.11. The number of hydrogen-bond donors (Lipinski definition) is 1. The number of carbonyl (C=O) groups excluding carboxylic acids is 2. The van der Waals surface area contributed by atoms with E-state index in [0.29, 0.717) is 43.1 Å². The standard InChI is InChI=1S/C22H22N4O5/c1-29-16-4-2-15(3-5-16)21(27)25-19-7-6-18(31-19)22(28)26-12-8-17(9-13-26)30-20-14-23-10-11-24-20/h2-7,10-11,14,17H,8-9,12-13H2,1H3,(H,25,27). The monoisotopic (exact) mass is 422 g/mol. The maximum atomic E-state index is 12.7. The molecule has 9 heteroatoms. The third kappa shape index (κ3) is 5.00. The van der Waals surface area contributed by atoms with Crippen molar-refractivity contribution in [2.45, 2.75) is 18.9 Å². The summed E-state index contributed by atoms with van der Waals surface area (Å²) in [7, 11) is 1.56. The van der Waals surface area contributed by atoms with Gasteiger partial charge in [0, 0.05) is 50.0 Å². The van der Waals surface area contributed by atoms with Crippen LogP contribution >= 0.6 is 0 Å². The molecule has 1 fully saturated rings. The molecule has 3 aromatic rings. The molecule has 2 aromatic heterocycles. The Balaban J connectivity index is 1.30. The lowest BCUT2D eigenvalue weighted by atomic mass is 10.1. The van der Waals surface area contributed by atoms with Crippen molar-refractivity contribution in [3.8, 4) is 11.6 Å². The van der Waals surface area contributed by atoms with Gasteiger partial charge in [-0.15, -0.1) is 0 Å².